The number of aliphatic carboxylic acids is 1. The first-order valence-electron chi connectivity index (χ1n) is 7.05. The Morgan fingerprint density at radius 1 is 1.19 bits per heavy atom. The SMILES string of the molecule is C=C(CC(CC)CNC(=O)OC(=O)NCCCC)C(=O)O. The van der Waals surface area contributed by atoms with E-state index >= 15 is 0 Å². The molecule has 21 heavy (non-hydrogen) atoms. The lowest BCUT2D eigenvalue weighted by atomic mass is 9.98. The first-order chi connectivity index (χ1) is 9.90. The van der Waals surface area contributed by atoms with Gasteiger partial charge in [-0.1, -0.05) is 33.3 Å². The van der Waals surface area contributed by atoms with Gasteiger partial charge in [-0.3, -0.25) is 0 Å². The van der Waals surface area contributed by atoms with Crippen LogP contribution in [0.2, 0.25) is 0 Å². The molecular weight excluding hydrogens is 276 g/mol. The fourth-order valence-corrected chi connectivity index (χ4v) is 1.55. The van der Waals surface area contributed by atoms with Crippen LogP contribution >= 0.6 is 0 Å². The van der Waals surface area contributed by atoms with Gasteiger partial charge in [0.2, 0.25) is 0 Å². The molecular formula is C14H24N2O5. The minimum absolute atomic E-state index is 0.0655. The number of carbonyl (C=O) groups excluding carboxylic acids is 2. The Hall–Kier alpha value is -2.05. The van der Waals surface area contributed by atoms with Crippen LogP contribution in [-0.2, 0) is 9.53 Å². The number of unbranched alkanes of at least 4 members (excludes halogenated alkanes) is 1. The van der Waals surface area contributed by atoms with Crippen molar-refractivity contribution in [1.82, 2.24) is 10.6 Å². The Morgan fingerprint density at radius 2 is 1.81 bits per heavy atom. The molecule has 0 saturated carbocycles. The molecule has 0 spiro atoms. The zero-order valence-electron chi connectivity index (χ0n) is 12.6. The van der Waals surface area contributed by atoms with Gasteiger partial charge in [-0.05, 0) is 18.8 Å². The van der Waals surface area contributed by atoms with Gasteiger partial charge in [-0.15, -0.1) is 0 Å². The molecule has 2 amide bonds. The third-order valence-corrected chi connectivity index (χ3v) is 2.94. The zero-order chi connectivity index (χ0) is 16.3. The molecule has 0 bridgehead atoms. The molecule has 0 heterocycles. The molecule has 7 heteroatoms. The summed E-state index contributed by atoms with van der Waals surface area (Å²) in [6.45, 7) is 8.00. The average Bonchev–Trinajstić information content (AvgIpc) is 2.43. The fourth-order valence-electron chi connectivity index (χ4n) is 1.55. The molecule has 3 N–H and O–H groups in total. The normalized spacial score (nSPS) is 11.3. The number of amides is 2. The van der Waals surface area contributed by atoms with Crippen LogP contribution in [-0.4, -0.2) is 36.4 Å². The Kier molecular flexibility index (Phi) is 9.66. The molecule has 120 valence electrons. The van der Waals surface area contributed by atoms with Crippen molar-refractivity contribution in [2.24, 2.45) is 5.92 Å². The lowest BCUT2D eigenvalue weighted by molar-refractivity contribution is -0.132. The molecule has 7 nitrogen and oxygen atoms in total. The van der Waals surface area contributed by atoms with Crippen LogP contribution < -0.4 is 10.6 Å². The Morgan fingerprint density at radius 3 is 2.33 bits per heavy atom. The highest BCUT2D eigenvalue weighted by Gasteiger charge is 2.15. The van der Waals surface area contributed by atoms with Crippen molar-refractivity contribution in [2.45, 2.75) is 39.5 Å². The third kappa shape index (κ3) is 9.48. The summed E-state index contributed by atoms with van der Waals surface area (Å²) in [5.41, 5.74) is 0.0920. The van der Waals surface area contributed by atoms with Crippen molar-refractivity contribution < 1.29 is 24.2 Å². The minimum Gasteiger partial charge on any atom is -0.478 e. The van der Waals surface area contributed by atoms with E-state index in [4.69, 9.17) is 5.11 Å². The summed E-state index contributed by atoms with van der Waals surface area (Å²) in [6, 6.07) is 0. The predicted octanol–water partition coefficient (Wildman–Crippen LogP) is 2.28. The van der Waals surface area contributed by atoms with Crippen molar-refractivity contribution in [1.29, 1.82) is 0 Å². The standard InChI is InChI=1S/C14H24N2O5/c1-4-6-7-15-13(19)21-14(20)16-9-11(5-2)8-10(3)12(17)18/h11H,3-9H2,1-2H3,(H,15,19)(H,16,20)(H,17,18). The van der Waals surface area contributed by atoms with Crippen molar-refractivity contribution in [3.05, 3.63) is 12.2 Å². The third-order valence-electron chi connectivity index (χ3n) is 2.94. The highest BCUT2D eigenvalue weighted by molar-refractivity contribution is 5.85. The zero-order valence-corrected chi connectivity index (χ0v) is 12.6. The van der Waals surface area contributed by atoms with Crippen molar-refractivity contribution in [3.63, 3.8) is 0 Å². The van der Waals surface area contributed by atoms with Crippen LogP contribution in [0.1, 0.15) is 39.5 Å². The molecule has 0 aliphatic carbocycles. The number of ether oxygens (including phenoxy) is 1. The number of carboxylic acids is 1. The van der Waals surface area contributed by atoms with Crippen LogP contribution in [0, 0.1) is 5.92 Å². The van der Waals surface area contributed by atoms with Gasteiger partial charge in [0, 0.05) is 18.7 Å². The van der Waals surface area contributed by atoms with Crippen LogP contribution in [0.3, 0.4) is 0 Å². The average molecular weight is 300 g/mol. The topological polar surface area (TPSA) is 105 Å². The monoisotopic (exact) mass is 300 g/mol. The molecule has 0 radical (unpaired) electrons. The van der Waals surface area contributed by atoms with E-state index in [-0.39, 0.29) is 24.5 Å². The van der Waals surface area contributed by atoms with Crippen LogP contribution in [0.15, 0.2) is 12.2 Å². The van der Waals surface area contributed by atoms with Gasteiger partial charge in [-0.2, -0.15) is 0 Å². The first kappa shape index (κ1) is 18.9. The lowest BCUT2D eigenvalue weighted by Crippen LogP contribution is -2.35. The van der Waals surface area contributed by atoms with E-state index < -0.39 is 18.2 Å². The van der Waals surface area contributed by atoms with Crippen molar-refractivity contribution in [3.8, 4) is 0 Å². The van der Waals surface area contributed by atoms with Crippen LogP contribution in [0.4, 0.5) is 9.59 Å². The van der Waals surface area contributed by atoms with E-state index in [0.717, 1.165) is 12.8 Å². The second-order valence-corrected chi connectivity index (χ2v) is 4.73. The summed E-state index contributed by atoms with van der Waals surface area (Å²) in [5.74, 6) is -1.12. The number of hydrogen-bond acceptors (Lipinski definition) is 4. The minimum atomic E-state index is -1.05. The number of hydrogen-bond donors (Lipinski definition) is 3. The van der Waals surface area contributed by atoms with E-state index in [1.165, 1.54) is 0 Å². The lowest BCUT2D eigenvalue weighted by Gasteiger charge is -2.15. The number of nitrogens with one attached hydrogen (secondary N) is 2. The summed E-state index contributed by atoms with van der Waals surface area (Å²) in [7, 11) is 0. The number of carbonyl (C=O) groups is 3. The number of rotatable bonds is 9. The van der Waals surface area contributed by atoms with E-state index in [2.05, 4.69) is 21.9 Å². The summed E-state index contributed by atoms with van der Waals surface area (Å²) < 4.78 is 4.51. The maximum atomic E-state index is 11.4. The molecule has 0 aliphatic heterocycles. The van der Waals surface area contributed by atoms with Crippen molar-refractivity contribution in [2.75, 3.05) is 13.1 Å². The summed E-state index contributed by atoms with van der Waals surface area (Å²) in [6.07, 6.45) is 1.06. The molecule has 1 atom stereocenters. The number of carboxylic acid groups (broad SMARTS) is 1. The van der Waals surface area contributed by atoms with Gasteiger partial charge in [0.05, 0.1) is 0 Å². The van der Waals surface area contributed by atoms with Gasteiger partial charge in [0.15, 0.2) is 0 Å². The van der Waals surface area contributed by atoms with E-state index in [1.54, 1.807) is 0 Å². The predicted molar refractivity (Wildman–Crippen MR) is 78.0 cm³/mol. The molecule has 0 aromatic carbocycles. The molecule has 0 rings (SSSR count). The van der Waals surface area contributed by atoms with Gasteiger partial charge >= 0.3 is 18.2 Å². The number of alkyl carbamates (subject to hydrolysis) is 2. The summed E-state index contributed by atoms with van der Waals surface area (Å²) >= 11 is 0. The molecule has 0 aliphatic rings. The molecule has 0 aromatic heterocycles. The Balaban J connectivity index is 4.01. The highest BCUT2D eigenvalue weighted by atomic mass is 16.6. The molecule has 0 aromatic rings. The second kappa shape index (κ2) is 10.7. The molecule has 0 saturated heterocycles. The maximum absolute atomic E-state index is 11.4. The Bertz CT molecular complexity index is 382. The molecule has 1 unspecified atom stereocenters. The summed E-state index contributed by atoms with van der Waals surface area (Å²) in [4.78, 5) is 33.3. The largest absolute Gasteiger partial charge is 0.478 e. The van der Waals surface area contributed by atoms with E-state index in [9.17, 15) is 14.4 Å². The van der Waals surface area contributed by atoms with Gasteiger partial charge in [0.25, 0.3) is 0 Å². The van der Waals surface area contributed by atoms with Crippen LogP contribution in [0.5, 0.6) is 0 Å². The smallest absolute Gasteiger partial charge is 0.416 e. The maximum Gasteiger partial charge on any atom is 0.416 e. The van der Waals surface area contributed by atoms with E-state index in [1.807, 2.05) is 13.8 Å². The quantitative estimate of drug-likeness (QED) is 0.344. The highest BCUT2D eigenvalue weighted by Crippen LogP contribution is 2.13. The van der Waals surface area contributed by atoms with Gasteiger partial charge in [-0.25, -0.2) is 14.4 Å². The van der Waals surface area contributed by atoms with E-state index in [0.29, 0.717) is 13.0 Å². The van der Waals surface area contributed by atoms with Gasteiger partial charge < -0.3 is 20.5 Å². The first-order valence-corrected chi connectivity index (χ1v) is 7.05. The summed E-state index contributed by atoms with van der Waals surface area (Å²) in [5, 5.41) is 13.7. The molecule has 0 fully saturated rings. The fraction of sp³-hybridized carbons (Fsp3) is 0.643. The van der Waals surface area contributed by atoms with Gasteiger partial charge in [0.1, 0.15) is 0 Å². The second-order valence-electron chi connectivity index (χ2n) is 4.73. The van der Waals surface area contributed by atoms with Crippen molar-refractivity contribution >= 4 is 18.2 Å². The Labute approximate surface area is 124 Å². The van der Waals surface area contributed by atoms with Crippen LogP contribution in [0.25, 0.3) is 0 Å².